The molecule has 0 spiro atoms. The zero-order valence-corrected chi connectivity index (χ0v) is 13.7. The van der Waals surface area contributed by atoms with Crippen molar-refractivity contribution in [3.8, 4) is 0 Å². The van der Waals surface area contributed by atoms with E-state index >= 15 is 0 Å². The molecule has 1 fully saturated rings. The molecule has 1 saturated carbocycles. The van der Waals surface area contributed by atoms with Crippen molar-refractivity contribution in [3.05, 3.63) is 59.3 Å². The number of fused-ring (bicyclic) bond motifs is 1. The fraction of sp³-hybridized carbons (Fsp3) is 0.278. The van der Waals surface area contributed by atoms with Gasteiger partial charge < -0.3 is 18.8 Å². The van der Waals surface area contributed by atoms with Gasteiger partial charge in [-0.15, -0.1) is 0 Å². The number of hydrogen-bond acceptors (Lipinski definition) is 4. The van der Waals surface area contributed by atoms with Gasteiger partial charge in [-0.05, 0) is 36.5 Å². The molecule has 0 unspecified atom stereocenters. The van der Waals surface area contributed by atoms with Crippen molar-refractivity contribution in [2.45, 2.75) is 25.3 Å². The molecule has 4 rings (SSSR count). The predicted octanol–water partition coefficient (Wildman–Crippen LogP) is 2.55. The van der Waals surface area contributed by atoms with Crippen molar-refractivity contribution in [2.24, 2.45) is 0 Å². The molecule has 1 aliphatic carbocycles. The van der Waals surface area contributed by atoms with Crippen molar-refractivity contribution in [2.75, 3.05) is 7.11 Å². The zero-order chi connectivity index (χ0) is 17.6. The van der Waals surface area contributed by atoms with Crippen LogP contribution in [-0.2, 0) is 11.3 Å². The van der Waals surface area contributed by atoms with Crippen LogP contribution in [0.5, 0.6) is 0 Å². The fourth-order valence-electron chi connectivity index (χ4n) is 3.00. The predicted molar refractivity (Wildman–Crippen MR) is 89.0 cm³/mol. The molecule has 7 heteroatoms. The van der Waals surface area contributed by atoms with E-state index in [-0.39, 0.29) is 17.8 Å². The molecule has 0 aliphatic heterocycles. The number of nitrogens with zero attached hydrogens (tertiary/aromatic N) is 3. The van der Waals surface area contributed by atoms with E-state index in [2.05, 4.69) is 17.2 Å². The van der Waals surface area contributed by atoms with Crippen LogP contribution >= 0.6 is 0 Å². The molecule has 0 bridgehead atoms. The lowest BCUT2D eigenvalue weighted by Gasteiger charge is -2.05. The molecular weight excluding hydrogens is 322 g/mol. The number of carbonyl (C=O) groups is 2. The monoisotopic (exact) mass is 339 g/mol. The Balaban J connectivity index is 1.68. The van der Waals surface area contributed by atoms with E-state index < -0.39 is 11.9 Å². The Labute approximate surface area is 143 Å². The van der Waals surface area contributed by atoms with Gasteiger partial charge in [-0.2, -0.15) is 0 Å². The number of esters is 1. The number of rotatable bonds is 5. The molecule has 1 N–H and O–H groups in total. The Bertz CT molecular complexity index is 982. The average Bonchev–Trinajstić information content (AvgIpc) is 3.24. The van der Waals surface area contributed by atoms with Gasteiger partial charge >= 0.3 is 11.9 Å². The highest BCUT2D eigenvalue weighted by Crippen LogP contribution is 2.39. The van der Waals surface area contributed by atoms with Crippen molar-refractivity contribution in [1.82, 2.24) is 14.0 Å². The zero-order valence-electron chi connectivity index (χ0n) is 13.7. The maximum absolute atomic E-state index is 11.9. The van der Waals surface area contributed by atoms with Crippen LogP contribution in [0.1, 0.15) is 50.9 Å². The summed E-state index contributed by atoms with van der Waals surface area (Å²) >= 11 is 0. The molecule has 3 aromatic heterocycles. The highest BCUT2D eigenvalue weighted by Gasteiger charge is 2.24. The highest BCUT2D eigenvalue weighted by molar-refractivity contribution is 5.94. The Morgan fingerprint density at radius 2 is 2.08 bits per heavy atom. The van der Waals surface area contributed by atoms with Gasteiger partial charge in [0.25, 0.3) is 0 Å². The summed E-state index contributed by atoms with van der Waals surface area (Å²) in [4.78, 5) is 27.6. The smallest absolute Gasteiger partial charge is 0.354 e. The number of imidazole rings is 1. The number of ether oxygens (including phenoxy) is 1. The van der Waals surface area contributed by atoms with Crippen LogP contribution in [0.4, 0.5) is 0 Å². The van der Waals surface area contributed by atoms with Gasteiger partial charge in [-0.3, -0.25) is 0 Å². The average molecular weight is 339 g/mol. The molecule has 7 nitrogen and oxygen atoms in total. The standard InChI is InChI=1S/C18H17N3O4/c1-25-18(24)15-6-13(17(22)23)8-20(15)9-14-10-21-7-12(11-2-3-11)4-5-16(21)19-14/h4-8,10-11H,2-3,9H2,1H3,(H,22,23). The lowest BCUT2D eigenvalue weighted by molar-refractivity contribution is 0.0589. The first-order valence-electron chi connectivity index (χ1n) is 8.04. The third kappa shape index (κ3) is 2.88. The lowest BCUT2D eigenvalue weighted by Crippen LogP contribution is -2.10. The summed E-state index contributed by atoms with van der Waals surface area (Å²) in [6.07, 6.45) is 7.88. The molecule has 0 aromatic carbocycles. The minimum absolute atomic E-state index is 0.0418. The normalized spacial score (nSPS) is 14.0. The molecule has 1 aliphatic rings. The van der Waals surface area contributed by atoms with E-state index in [4.69, 9.17) is 9.84 Å². The van der Waals surface area contributed by atoms with Crippen molar-refractivity contribution in [1.29, 1.82) is 0 Å². The minimum Gasteiger partial charge on any atom is -0.478 e. The summed E-state index contributed by atoms with van der Waals surface area (Å²) < 4.78 is 8.27. The third-order valence-corrected chi connectivity index (χ3v) is 4.44. The van der Waals surface area contributed by atoms with E-state index in [1.165, 1.54) is 37.8 Å². The maximum Gasteiger partial charge on any atom is 0.354 e. The molecule has 3 heterocycles. The highest BCUT2D eigenvalue weighted by atomic mass is 16.5. The number of aromatic nitrogens is 3. The fourth-order valence-corrected chi connectivity index (χ4v) is 3.00. The van der Waals surface area contributed by atoms with Crippen molar-refractivity contribution >= 4 is 17.6 Å². The number of carboxylic acids is 1. The summed E-state index contributed by atoms with van der Waals surface area (Å²) in [5.41, 5.74) is 3.10. The molecule has 128 valence electrons. The van der Waals surface area contributed by atoms with Gasteiger partial charge in [0.1, 0.15) is 11.3 Å². The Kier molecular flexibility index (Phi) is 3.56. The van der Waals surface area contributed by atoms with Gasteiger partial charge in [0.2, 0.25) is 0 Å². The van der Waals surface area contributed by atoms with Crippen LogP contribution in [0.25, 0.3) is 5.65 Å². The first-order chi connectivity index (χ1) is 12.0. The van der Waals surface area contributed by atoms with Gasteiger partial charge in [0.15, 0.2) is 0 Å². The number of carbonyl (C=O) groups excluding carboxylic acids is 1. The van der Waals surface area contributed by atoms with Crippen LogP contribution in [0.2, 0.25) is 0 Å². The van der Waals surface area contributed by atoms with E-state index in [1.54, 1.807) is 4.57 Å². The van der Waals surface area contributed by atoms with Crippen LogP contribution in [0.3, 0.4) is 0 Å². The molecule has 0 radical (unpaired) electrons. The molecule has 3 aromatic rings. The molecule has 0 saturated heterocycles. The number of carboxylic acid groups (broad SMARTS) is 1. The first-order valence-corrected chi connectivity index (χ1v) is 8.04. The molecule has 25 heavy (non-hydrogen) atoms. The SMILES string of the molecule is COC(=O)c1cc(C(=O)O)cn1Cc1cn2cc(C3CC3)ccc2n1. The Morgan fingerprint density at radius 3 is 2.76 bits per heavy atom. The summed E-state index contributed by atoms with van der Waals surface area (Å²) in [6, 6.07) is 5.40. The lowest BCUT2D eigenvalue weighted by atomic mass is 10.2. The van der Waals surface area contributed by atoms with Gasteiger partial charge in [-0.25, -0.2) is 14.6 Å². The van der Waals surface area contributed by atoms with Crippen LogP contribution in [0.15, 0.2) is 36.8 Å². The second kappa shape index (κ2) is 5.77. The van der Waals surface area contributed by atoms with E-state index in [9.17, 15) is 9.59 Å². The molecule has 0 amide bonds. The number of aromatic carboxylic acids is 1. The number of hydrogen-bond donors (Lipinski definition) is 1. The van der Waals surface area contributed by atoms with Crippen LogP contribution in [0, 0.1) is 0 Å². The Morgan fingerprint density at radius 1 is 1.28 bits per heavy atom. The van der Waals surface area contributed by atoms with Crippen LogP contribution < -0.4 is 0 Å². The van der Waals surface area contributed by atoms with E-state index in [1.807, 2.05) is 16.7 Å². The third-order valence-electron chi connectivity index (χ3n) is 4.44. The summed E-state index contributed by atoms with van der Waals surface area (Å²) in [5, 5.41) is 9.16. The van der Waals surface area contributed by atoms with Crippen molar-refractivity contribution in [3.63, 3.8) is 0 Å². The second-order valence-corrected chi connectivity index (χ2v) is 6.27. The number of methoxy groups -OCH3 is 1. The van der Waals surface area contributed by atoms with Crippen molar-refractivity contribution < 1.29 is 19.4 Å². The van der Waals surface area contributed by atoms with E-state index in [0.29, 0.717) is 5.92 Å². The second-order valence-electron chi connectivity index (χ2n) is 6.27. The largest absolute Gasteiger partial charge is 0.478 e. The quantitative estimate of drug-likeness (QED) is 0.722. The summed E-state index contributed by atoms with van der Waals surface area (Å²) in [7, 11) is 1.27. The van der Waals surface area contributed by atoms with Crippen LogP contribution in [-0.4, -0.2) is 38.1 Å². The number of pyridine rings is 1. The molecule has 0 atom stereocenters. The van der Waals surface area contributed by atoms with Gasteiger partial charge in [0.05, 0.1) is 24.9 Å². The van der Waals surface area contributed by atoms with E-state index in [0.717, 1.165) is 11.3 Å². The summed E-state index contributed by atoms with van der Waals surface area (Å²) in [5.74, 6) is -1.01. The topological polar surface area (TPSA) is 85.8 Å². The minimum atomic E-state index is -1.09. The maximum atomic E-state index is 11.9. The van der Waals surface area contributed by atoms with Gasteiger partial charge in [-0.1, -0.05) is 6.07 Å². The molecular formula is C18H17N3O4. The first kappa shape index (κ1) is 15.4. The summed E-state index contributed by atoms with van der Waals surface area (Å²) in [6.45, 7) is 0.290. The van der Waals surface area contributed by atoms with Gasteiger partial charge in [0, 0.05) is 18.6 Å². The Hall–Kier alpha value is -3.09.